The summed E-state index contributed by atoms with van der Waals surface area (Å²) >= 11 is 3.41. The molecule has 0 unspecified atom stereocenters. The third kappa shape index (κ3) is 1.74. The van der Waals surface area contributed by atoms with E-state index in [0.29, 0.717) is 0 Å². The maximum absolute atomic E-state index is 4.52. The lowest BCUT2D eigenvalue weighted by molar-refractivity contribution is 0.987. The van der Waals surface area contributed by atoms with Crippen molar-refractivity contribution in [3.05, 3.63) is 52.9 Å². The second kappa shape index (κ2) is 3.96. The van der Waals surface area contributed by atoms with Crippen LogP contribution >= 0.6 is 15.9 Å². The molecule has 0 aliphatic rings. The summed E-state index contributed by atoms with van der Waals surface area (Å²) in [5, 5.41) is 0. The van der Waals surface area contributed by atoms with Gasteiger partial charge in [0.25, 0.3) is 0 Å². The largest absolute Gasteiger partial charge is 0.281 e. The third-order valence-corrected chi connectivity index (χ3v) is 3.08. The third-order valence-electron chi connectivity index (χ3n) is 2.65. The number of hydrogen-bond donors (Lipinski definition) is 0. The number of aryl methyl sites for hydroxylation is 1. The van der Waals surface area contributed by atoms with Gasteiger partial charge in [0.05, 0.1) is 0 Å². The van der Waals surface area contributed by atoms with Crippen LogP contribution in [-0.2, 0) is 0 Å². The van der Waals surface area contributed by atoms with Crippen molar-refractivity contribution < 1.29 is 0 Å². The molecule has 0 spiro atoms. The molecule has 2 heterocycles. The summed E-state index contributed by atoms with van der Waals surface area (Å²) in [5.74, 6) is 0.941. The van der Waals surface area contributed by atoms with Crippen molar-refractivity contribution in [2.24, 2.45) is 0 Å². The molecular formula is C13H10BrN3. The first-order chi connectivity index (χ1) is 8.25. The predicted molar refractivity (Wildman–Crippen MR) is 71.3 cm³/mol. The molecule has 84 valence electrons. The molecule has 2 aromatic heterocycles. The van der Waals surface area contributed by atoms with Crippen molar-refractivity contribution in [1.82, 2.24) is 14.5 Å². The molecule has 17 heavy (non-hydrogen) atoms. The van der Waals surface area contributed by atoms with E-state index < -0.39 is 0 Å². The smallest absolute Gasteiger partial charge is 0.164 e. The van der Waals surface area contributed by atoms with Gasteiger partial charge in [0.1, 0.15) is 11.3 Å². The van der Waals surface area contributed by atoms with Crippen LogP contribution in [0.4, 0.5) is 0 Å². The van der Waals surface area contributed by atoms with E-state index in [-0.39, 0.29) is 0 Å². The van der Waals surface area contributed by atoms with E-state index in [1.807, 2.05) is 31.2 Å². The normalized spacial score (nSPS) is 10.9. The van der Waals surface area contributed by atoms with Crippen LogP contribution in [0, 0.1) is 6.92 Å². The summed E-state index contributed by atoms with van der Waals surface area (Å²) in [5.41, 5.74) is 2.87. The highest BCUT2D eigenvalue weighted by atomic mass is 79.9. The zero-order valence-electron chi connectivity index (χ0n) is 9.26. The molecule has 3 aromatic rings. The zero-order valence-corrected chi connectivity index (χ0v) is 10.8. The molecule has 0 aliphatic heterocycles. The Balaban J connectivity index is 2.33. The van der Waals surface area contributed by atoms with Crippen molar-refractivity contribution in [2.75, 3.05) is 0 Å². The van der Waals surface area contributed by atoms with Crippen molar-refractivity contribution in [2.45, 2.75) is 6.92 Å². The van der Waals surface area contributed by atoms with Gasteiger partial charge in [-0.15, -0.1) is 0 Å². The van der Waals surface area contributed by atoms with Crippen molar-refractivity contribution in [1.29, 1.82) is 0 Å². The molecule has 3 nitrogen and oxygen atoms in total. The average molecular weight is 288 g/mol. The number of hydrogen-bond acceptors (Lipinski definition) is 2. The van der Waals surface area contributed by atoms with E-state index in [1.54, 1.807) is 6.20 Å². The predicted octanol–water partition coefficient (Wildman–Crippen LogP) is 3.49. The molecule has 0 aliphatic carbocycles. The Labute approximate surface area is 107 Å². The summed E-state index contributed by atoms with van der Waals surface area (Å²) < 4.78 is 3.00. The molecule has 3 rings (SSSR count). The molecule has 0 radical (unpaired) electrons. The van der Waals surface area contributed by atoms with Crippen molar-refractivity contribution in [3.8, 4) is 5.69 Å². The van der Waals surface area contributed by atoms with Gasteiger partial charge in [-0.25, -0.2) is 9.97 Å². The highest BCUT2D eigenvalue weighted by molar-refractivity contribution is 9.10. The van der Waals surface area contributed by atoms with Crippen LogP contribution in [0.25, 0.3) is 16.9 Å². The molecule has 1 aromatic carbocycles. The fourth-order valence-corrected chi connectivity index (χ4v) is 2.26. The molecule has 0 saturated carbocycles. The SMILES string of the molecule is Cc1nc2cc(Br)cnc2n1-c1ccccc1. The Morgan fingerprint density at radius 1 is 1.18 bits per heavy atom. The lowest BCUT2D eigenvalue weighted by Crippen LogP contribution is -1.97. The number of aromatic nitrogens is 3. The van der Waals surface area contributed by atoms with Crippen LogP contribution in [0.5, 0.6) is 0 Å². The van der Waals surface area contributed by atoms with E-state index in [2.05, 4.69) is 42.6 Å². The number of benzene rings is 1. The number of fused-ring (bicyclic) bond motifs is 1. The topological polar surface area (TPSA) is 30.7 Å². The highest BCUT2D eigenvalue weighted by Gasteiger charge is 2.10. The van der Waals surface area contributed by atoms with Gasteiger partial charge >= 0.3 is 0 Å². The molecule has 0 N–H and O–H groups in total. The second-order valence-corrected chi connectivity index (χ2v) is 4.74. The second-order valence-electron chi connectivity index (χ2n) is 3.83. The van der Waals surface area contributed by atoms with Crippen LogP contribution in [0.3, 0.4) is 0 Å². The van der Waals surface area contributed by atoms with E-state index in [0.717, 1.165) is 27.1 Å². The Kier molecular flexibility index (Phi) is 2.44. The number of pyridine rings is 1. The molecule has 0 amide bonds. The molecule has 4 heteroatoms. The van der Waals surface area contributed by atoms with Gasteiger partial charge in [-0.2, -0.15) is 0 Å². The molecule has 0 fully saturated rings. The molecular weight excluding hydrogens is 278 g/mol. The van der Waals surface area contributed by atoms with E-state index in [4.69, 9.17) is 0 Å². The Bertz CT molecular complexity index is 674. The number of nitrogens with zero attached hydrogens (tertiary/aromatic N) is 3. The first-order valence-corrected chi connectivity index (χ1v) is 6.11. The Hall–Kier alpha value is -1.68. The monoisotopic (exact) mass is 287 g/mol. The average Bonchev–Trinajstić information content (AvgIpc) is 2.65. The van der Waals surface area contributed by atoms with Crippen molar-refractivity contribution >= 4 is 27.1 Å². The van der Waals surface area contributed by atoms with E-state index in [1.165, 1.54) is 0 Å². The van der Waals surface area contributed by atoms with E-state index in [9.17, 15) is 0 Å². The maximum Gasteiger partial charge on any atom is 0.164 e. The summed E-state index contributed by atoms with van der Waals surface area (Å²) in [6, 6.07) is 12.1. The lowest BCUT2D eigenvalue weighted by atomic mass is 10.3. The van der Waals surface area contributed by atoms with Crippen LogP contribution < -0.4 is 0 Å². The number of para-hydroxylation sites is 1. The van der Waals surface area contributed by atoms with Gasteiger partial charge in [-0.1, -0.05) is 18.2 Å². The Morgan fingerprint density at radius 3 is 2.71 bits per heavy atom. The van der Waals surface area contributed by atoms with Gasteiger partial charge in [0, 0.05) is 16.4 Å². The fraction of sp³-hybridized carbons (Fsp3) is 0.0769. The van der Waals surface area contributed by atoms with Gasteiger partial charge in [-0.3, -0.25) is 4.57 Å². The summed E-state index contributed by atoms with van der Waals surface area (Å²) in [7, 11) is 0. The minimum atomic E-state index is 0.886. The maximum atomic E-state index is 4.52. The highest BCUT2D eigenvalue weighted by Crippen LogP contribution is 2.21. The number of rotatable bonds is 1. The van der Waals surface area contributed by atoms with Crippen molar-refractivity contribution in [3.63, 3.8) is 0 Å². The van der Waals surface area contributed by atoms with Gasteiger partial charge in [0.15, 0.2) is 5.65 Å². The first-order valence-electron chi connectivity index (χ1n) is 5.32. The van der Waals surface area contributed by atoms with Gasteiger partial charge < -0.3 is 0 Å². The van der Waals surface area contributed by atoms with E-state index >= 15 is 0 Å². The lowest BCUT2D eigenvalue weighted by Gasteiger charge is -2.05. The summed E-state index contributed by atoms with van der Waals surface area (Å²) in [4.78, 5) is 8.95. The molecule has 0 bridgehead atoms. The van der Waals surface area contributed by atoms with Gasteiger partial charge in [0.2, 0.25) is 0 Å². The first kappa shape index (κ1) is 10.5. The van der Waals surface area contributed by atoms with Crippen LogP contribution in [0.2, 0.25) is 0 Å². The summed E-state index contributed by atoms with van der Waals surface area (Å²) in [6.07, 6.45) is 1.79. The van der Waals surface area contributed by atoms with Crippen LogP contribution in [0.1, 0.15) is 5.82 Å². The Morgan fingerprint density at radius 2 is 1.94 bits per heavy atom. The van der Waals surface area contributed by atoms with Gasteiger partial charge in [-0.05, 0) is 41.1 Å². The standard InChI is InChI=1S/C13H10BrN3/c1-9-16-12-7-10(14)8-15-13(12)17(9)11-5-3-2-4-6-11/h2-8H,1H3. The molecule has 0 saturated heterocycles. The quantitative estimate of drug-likeness (QED) is 0.686. The van der Waals surface area contributed by atoms with Crippen LogP contribution in [-0.4, -0.2) is 14.5 Å². The fourth-order valence-electron chi connectivity index (χ4n) is 1.94. The molecule has 0 atom stereocenters. The van der Waals surface area contributed by atoms with Crippen LogP contribution in [0.15, 0.2) is 47.1 Å². The number of imidazole rings is 1. The minimum Gasteiger partial charge on any atom is -0.281 e. The number of halogens is 1. The summed E-state index contributed by atoms with van der Waals surface area (Å²) in [6.45, 7) is 1.99. The zero-order chi connectivity index (χ0) is 11.8. The minimum absolute atomic E-state index is 0.886.